The van der Waals surface area contributed by atoms with Crippen LogP contribution in [0.1, 0.15) is 15.9 Å². The summed E-state index contributed by atoms with van der Waals surface area (Å²) in [4.78, 5) is 10.9. The first-order valence-electron chi connectivity index (χ1n) is 4.40. The smallest absolute Gasteiger partial charge is 0.545 e. The van der Waals surface area contributed by atoms with E-state index in [0.29, 0.717) is 0 Å². The molecule has 0 spiro atoms. The van der Waals surface area contributed by atoms with Crippen LogP contribution in [0.15, 0.2) is 36.4 Å². The molecule has 0 heterocycles. The Hall–Kier alpha value is -0.908. The Morgan fingerprint density at radius 3 is 2.33 bits per heavy atom. The number of hydrogen-bond acceptors (Lipinski definition) is 2. The molecule has 2 rings (SSSR count). The van der Waals surface area contributed by atoms with E-state index < -0.39 is 5.97 Å². The predicted octanol–water partition coefficient (Wildman–Crippen LogP) is 1.13. The zero-order valence-corrected chi connectivity index (χ0v) is 12.8. The fraction of sp³-hybridized carbons (Fsp3) is 0.0833. The van der Waals surface area contributed by atoms with E-state index in [1.54, 1.807) is 12.1 Å². The van der Waals surface area contributed by atoms with Crippen LogP contribution < -0.4 is 5.11 Å². The van der Waals surface area contributed by atoms with Crippen LogP contribution in [0.25, 0.3) is 10.8 Å². The summed E-state index contributed by atoms with van der Waals surface area (Å²) in [7, 11) is 0. The van der Waals surface area contributed by atoms with Gasteiger partial charge in [0.2, 0.25) is 0 Å². The van der Waals surface area contributed by atoms with Crippen molar-refractivity contribution in [3.05, 3.63) is 47.5 Å². The molecule has 0 N–H and O–H groups in total. The van der Waals surface area contributed by atoms with Crippen molar-refractivity contribution in [2.24, 2.45) is 0 Å². The molecule has 2 nitrogen and oxygen atoms in total. The van der Waals surface area contributed by atoms with Crippen molar-refractivity contribution in [2.75, 3.05) is 0 Å². The number of carboxylic acids is 1. The molecule has 0 atom stereocenters. The Morgan fingerprint density at radius 2 is 1.73 bits per heavy atom. The van der Waals surface area contributed by atoms with Gasteiger partial charge in [0.1, 0.15) is 0 Å². The number of carbonyl (C=O) groups excluding carboxylic acids is 1. The molecule has 0 unspecified atom stereocenters. The van der Waals surface area contributed by atoms with Gasteiger partial charge in [-0.15, -0.1) is 0 Å². The predicted molar refractivity (Wildman–Crippen MR) is 58.8 cm³/mol. The monoisotopic (exact) mass is 390 g/mol. The van der Waals surface area contributed by atoms with Gasteiger partial charge in [-0.25, -0.2) is 0 Å². The number of carboxylic acid groups (broad SMARTS) is 1. The molecule has 0 fully saturated rings. The number of carbonyl (C=O) groups is 1. The van der Waals surface area contributed by atoms with Crippen LogP contribution in [0.3, 0.4) is 0 Å². The minimum absolute atomic E-state index is 0. The maximum Gasteiger partial charge on any atom is 1.00 e. The first-order valence-corrected chi connectivity index (χ1v) is 4.40. The number of benzene rings is 2. The minimum Gasteiger partial charge on any atom is -0.545 e. The zero-order valence-electron chi connectivity index (χ0n) is 8.36. The summed E-state index contributed by atoms with van der Waals surface area (Å²) < 4.78 is 0. The van der Waals surface area contributed by atoms with Crippen LogP contribution in [-0.4, -0.2) is 33.3 Å². The molecule has 2 aromatic carbocycles. The van der Waals surface area contributed by atoms with Crippen LogP contribution in [0.5, 0.6) is 0 Å². The van der Waals surface area contributed by atoms with Crippen molar-refractivity contribution in [2.45, 2.75) is 6.92 Å². The molecule has 2 aromatic rings. The van der Waals surface area contributed by atoms with Crippen molar-refractivity contribution >= 4 is 44.0 Å². The third-order valence-electron chi connectivity index (χ3n) is 2.33. The summed E-state index contributed by atoms with van der Waals surface area (Å²) >= 11 is 0. The molecule has 0 aliphatic rings. The van der Waals surface area contributed by atoms with Crippen LogP contribution in [0, 0.1) is 6.92 Å². The second-order valence-corrected chi connectivity index (χ2v) is 3.27. The Labute approximate surface area is 108 Å². The first kappa shape index (κ1) is 12.2. The van der Waals surface area contributed by atoms with Crippen molar-refractivity contribution in [1.29, 1.82) is 0 Å². The Morgan fingerprint density at radius 1 is 1.13 bits per heavy atom. The van der Waals surface area contributed by atoms with Gasteiger partial charge in [0.25, 0.3) is 0 Å². The van der Waals surface area contributed by atoms with Gasteiger partial charge < -0.3 is 9.90 Å². The molecule has 0 saturated carbocycles. The molecular weight excluding hydrogens is 381 g/mol. The number of hydrogen-bond donors (Lipinski definition) is 0. The van der Waals surface area contributed by atoms with Crippen molar-refractivity contribution in [3.63, 3.8) is 0 Å². The van der Waals surface area contributed by atoms with E-state index in [1.807, 2.05) is 31.2 Å². The van der Waals surface area contributed by atoms with Crippen LogP contribution >= 0.6 is 0 Å². The third kappa shape index (κ3) is 2.19. The molecule has 15 heavy (non-hydrogen) atoms. The Balaban J connectivity index is 0.00000112. The molecule has 0 aliphatic heterocycles. The molecule has 0 aromatic heterocycles. The van der Waals surface area contributed by atoms with Crippen LogP contribution in [0.2, 0.25) is 0 Å². The summed E-state index contributed by atoms with van der Waals surface area (Å²) in [6.45, 7) is 1.90. The third-order valence-corrected chi connectivity index (χ3v) is 2.33. The second kappa shape index (κ2) is 4.74. The fourth-order valence-corrected chi connectivity index (χ4v) is 1.70. The van der Waals surface area contributed by atoms with Crippen LogP contribution in [0.4, 0.5) is 0 Å². The summed E-state index contributed by atoms with van der Waals surface area (Å²) in [6.07, 6.45) is 0. The average molecular weight is 390 g/mol. The molecule has 3 heteroatoms. The molecule has 0 radical (unpaired) electrons. The standard InChI is InChI=1S/C12H10O2.Tl/c1-8-4-2-5-9-6-3-7-10(11(8)9)12(13)14;/h2-7H,1H3,(H,13,14);/q;+1/p-1. The normalized spacial score (nSPS) is 9.67. The van der Waals surface area contributed by atoms with Gasteiger partial charge in [-0.3, -0.25) is 0 Å². The van der Waals surface area contributed by atoms with Gasteiger partial charge in [0.05, 0.1) is 5.97 Å². The number of fused-ring (bicyclic) bond motifs is 1. The van der Waals surface area contributed by atoms with E-state index in [4.69, 9.17) is 0 Å². The zero-order chi connectivity index (χ0) is 10.1. The summed E-state index contributed by atoms with van der Waals surface area (Å²) in [6, 6.07) is 10.9. The average Bonchev–Trinajstić information content (AvgIpc) is 2.17. The summed E-state index contributed by atoms with van der Waals surface area (Å²) in [5.74, 6) is -1.12. The maximum atomic E-state index is 10.9. The van der Waals surface area contributed by atoms with Gasteiger partial charge in [-0.2, -0.15) is 0 Å². The SMILES string of the molecule is Cc1cccc2cccc(C(=O)[O-])c12.[Tl+]. The van der Waals surface area contributed by atoms with Crippen molar-refractivity contribution in [3.8, 4) is 0 Å². The summed E-state index contributed by atoms with van der Waals surface area (Å²) in [5, 5.41) is 12.6. The number of rotatable bonds is 1. The van der Waals surface area contributed by atoms with Crippen molar-refractivity contribution in [1.82, 2.24) is 0 Å². The molecule has 72 valence electrons. The van der Waals surface area contributed by atoms with E-state index in [9.17, 15) is 9.90 Å². The van der Waals surface area contributed by atoms with Gasteiger partial charge in [0, 0.05) is 5.56 Å². The van der Waals surface area contributed by atoms with Crippen LogP contribution in [-0.2, 0) is 0 Å². The van der Waals surface area contributed by atoms with Crippen molar-refractivity contribution < 1.29 is 9.90 Å². The van der Waals surface area contributed by atoms with E-state index in [-0.39, 0.29) is 32.9 Å². The van der Waals surface area contributed by atoms with Gasteiger partial charge in [0.15, 0.2) is 0 Å². The topological polar surface area (TPSA) is 40.1 Å². The quantitative estimate of drug-likeness (QED) is 0.686. The molecule has 0 amide bonds. The maximum absolute atomic E-state index is 10.9. The van der Waals surface area contributed by atoms with E-state index >= 15 is 0 Å². The fourth-order valence-electron chi connectivity index (χ4n) is 1.70. The van der Waals surface area contributed by atoms with Gasteiger partial charge >= 0.3 is 27.3 Å². The largest absolute Gasteiger partial charge is 1.00 e. The minimum atomic E-state index is -1.12. The Kier molecular flexibility index (Phi) is 3.85. The molecular formula is C12H9O2Tl. The second-order valence-electron chi connectivity index (χ2n) is 3.27. The van der Waals surface area contributed by atoms with Gasteiger partial charge in [-0.05, 0) is 23.3 Å². The summed E-state index contributed by atoms with van der Waals surface area (Å²) in [5.41, 5.74) is 1.22. The Bertz CT molecular complexity index is 501. The number of aromatic carboxylic acids is 1. The van der Waals surface area contributed by atoms with E-state index in [2.05, 4.69) is 0 Å². The molecule has 0 aliphatic carbocycles. The van der Waals surface area contributed by atoms with Gasteiger partial charge in [-0.1, -0.05) is 36.4 Å². The molecule has 0 bridgehead atoms. The number of aryl methyl sites for hydroxylation is 1. The van der Waals surface area contributed by atoms with E-state index in [0.717, 1.165) is 16.3 Å². The molecule has 0 saturated heterocycles. The van der Waals surface area contributed by atoms with E-state index in [1.165, 1.54) is 0 Å². The first-order chi connectivity index (χ1) is 6.70.